The van der Waals surface area contributed by atoms with Crippen molar-refractivity contribution < 1.29 is 0 Å². The number of aliphatic imine (C=N–C) groups is 1. The van der Waals surface area contributed by atoms with Gasteiger partial charge in [0.05, 0.1) is 6.54 Å². The van der Waals surface area contributed by atoms with E-state index < -0.39 is 0 Å². The van der Waals surface area contributed by atoms with Gasteiger partial charge in [0, 0.05) is 5.71 Å². The molecular weight excluding hydrogens is 122 g/mol. The van der Waals surface area contributed by atoms with Gasteiger partial charge in [-0.05, 0) is 31.4 Å². The zero-order chi connectivity index (χ0) is 7.56. The first-order valence-electron chi connectivity index (χ1n) is 3.56. The van der Waals surface area contributed by atoms with Gasteiger partial charge in [-0.1, -0.05) is 6.08 Å². The third-order valence-electron chi connectivity index (χ3n) is 1.85. The number of hydrogen-bond acceptors (Lipinski definition) is 1. The molecule has 0 aliphatic carbocycles. The van der Waals surface area contributed by atoms with Crippen LogP contribution in [0.1, 0.15) is 20.3 Å². The molecular formula is C9H13N. The van der Waals surface area contributed by atoms with E-state index >= 15 is 0 Å². The molecule has 0 saturated heterocycles. The van der Waals surface area contributed by atoms with E-state index in [1.807, 2.05) is 6.08 Å². The van der Waals surface area contributed by atoms with Crippen molar-refractivity contribution in [2.75, 3.05) is 6.54 Å². The molecule has 1 aliphatic heterocycles. The van der Waals surface area contributed by atoms with Crippen LogP contribution in [0.15, 0.2) is 28.8 Å². The average molecular weight is 135 g/mol. The summed E-state index contributed by atoms with van der Waals surface area (Å²) in [5.74, 6) is 0. The lowest BCUT2D eigenvalue weighted by atomic mass is 10.1. The van der Waals surface area contributed by atoms with Crippen LogP contribution in [-0.2, 0) is 0 Å². The lowest BCUT2D eigenvalue weighted by Crippen LogP contribution is -1.92. The summed E-state index contributed by atoms with van der Waals surface area (Å²) in [6.45, 7) is 8.80. The summed E-state index contributed by atoms with van der Waals surface area (Å²) < 4.78 is 0. The minimum Gasteiger partial charge on any atom is -0.285 e. The van der Waals surface area contributed by atoms with Crippen LogP contribution < -0.4 is 0 Å². The minimum absolute atomic E-state index is 0.898. The summed E-state index contributed by atoms with van der Waals surface area (Å²) in [6.07, 6.45) is 2.91. The third kappa shape index (κ3) is 1.18. The molecule has 0 atom stereocenters. The monoisotopic (exact) mass is 135 g/mol. The Balaban J connectivity index is 2.78. The Morgan fingerprint density at radius 2 is 2.30 bits per heavy atom. The van der Waals surface area contributed by atoms with Crippen LogP contribution >= 0.6 is 0 Å². The van der Waals surface area contributed by atoms with E-state index in [0.29, 0.717) is 0 Å². The molecule has 0 spiro atoms. The van der Waals surface area contributed by atoms with Gasteiger partial charge in [0.2, 0.25) is 0 Å². The van der Waals surface area contributed by atoms with Gasteiger partial charge in [-0.15, -0.1) is 6.58 Å². The van der Waals surface area contributed by atoms with E-state index in [1.165, 1.54) is 16.9 Å². The summed E-state index contributed by atoms with van der Waals surface area (Å²) in [4.78, 5) is 4.31. The van der Waals surface area contributed by atoms with Gasteiger partial charge in [-0.3, -0.25) is 4.99 Å². The Labute approximate surface area is 62.2 Å². The molecule has 54 valence electrons. The minimum atomic E-state index is 0.898. The predicted octanol–water partition coefficient (Wildman–Crippen LogP) is 2.35. The molecule has 1 heterocycles. The number of nitrogens with zero attached hydrogens (tertiary/aromatic N) is 1. The summed E-state index contributed by atoms with van der Waals surface area (Å²) in [7, 11) is 0. The van der Waals surface area contributed by atoms with Crippen molar-refractivity contribution in [1.82, 2.24) is 0 Å². The molecule has 1 rings (SSSR count). The summed E-state index contributed by atoms with van der Waals surface area (Å²) in [6, 6.07) is 0. The van der Waals surface area contributed by atoms with Crippen molar-refractivity contribution in [3.8, 4) is 0 Å². The zero-order valence-corrected chi connectivity index (χ0v) is 6.65. The van der Waals surface area contributed by atoms with Crippen LogP contribution in [0.5, 0.6) is 0 Å². The fourth-order valence-electron chi connectivity index (χ4n) is 1.20. The van der Waals surface area contributed by atoms with E-state index in [2.05, 4.69) is 25.4 Å². The highest BCUT2D eigenvalue weighted by atomic mass is 14.8. The van der Waals surface area contributed by atoms with Gasteiger partial charge >= 0.3 is 0 Å². The molecule has 10 heavy (non-hydrogen) atoms. The highest BCUT2D eigenvalue weighted by Crippen LogP contribution is 2.17. The maximum Gasteiger partial charge on any atom is 0.0606 e. The van der Waals surface area contributed by atoms with Gasteiger partial charge in [0.25, 0.3) is 0 Å². The molecule has 0 amide bonds. The Morgan fingerprint density at radius 3 is 2.70 bits per heavy atom. The number of hydrogen-bond donors (Lipinski definition) is 0. The van der Waals surface area contributed by atoms with E-state index in [9.17, 15) is 0 Å². The SMILES string of the molecule is C=CCC1=C(C)CN=C1C. The molecule has 1 nitrogen and oxygen atoms in total. The Morgan fingerprint density at radius 1 is 1.60 bits per heavy atom. The molecule has 1 heteroatoms. The molecule has 0 fully saturated rings. The Hall–Kier alpha value is -0.850. The largest absolute Gasteiger partial charge is 0.285 e. The van der Waals surface area contributed by atoms with Crippen molar-refractivity contribution in [2.24, 2.45) is 4.99 Å². The molecule has 0 aromatic carbocycles. The molecule has 0 radical (unpaired) electrons. The normalized spacial score (nSPS) is 17.6. The fourth-order valence-corrected chi connectivity index (χ4v) is 1.20. The van der Waals surface area contributed by atoms with Crippen LogP contribution in [0, 0.1) is 0 Å². The van der Waals surface area contributed by atoms with E-state index in [-0.39, 0.29) is 0 Å². The smallest absolute Gasteiger partial charge is 0.0606 e. The lowest BCUT2D eigenvalue weighted by molar-refractivity contribution is 1.15. The molecule has 0 N–H and O–H groups in total. The predicted molar refractivity (Wildman–Crippen MR) is 45.5 cm³/mol. The maximum absolute atomic E-state index is 4.31. The molecule has 0 saturated carbocycles. The van der Waals surface area contributed by atoms with Crippen molar-refractivity contribution in [1.29, 1.82) is 0 Å². The van der Waals surface area contributed by atoms with Crippen LogP contribution in [0.3, 0.4) is 0 Å². The van der Waals surface area contributed by atoms with Crippen LogP contribution in [0.25, 0.3) is 0 Å². The average Bonchev–Trinajstić information content (AvgIpc) is 2.20. The van der Waals surface area contributed by atoms with E-state index in [0.717, 1.165) is 13.0 Å². The quantitative estimate of drug-likeness (QED) is 0.515. The molecule has 1 aliphatic rings. The maximum atomic E-state index is 4.31. The molecule has 0 aromatic heterocycles. The molecule has 0 aromatic rings. The van der Waals surface area contributed by atoms with Crippen LogP contribution in [0.4, 0.5) is 0 Å². The Bertz CT molecular complexity index is 209. The third-order valence-corrected chi connectivity index (χ3v) is 1.85. The standard InChI is InChI=1S/C9H13N/c1-4-5-9-7(2)6-10-8(9)3/h4H,1,5-6H2,2-3H3. The fraction of sp³-hybridized carbons (Fsp3) is 0.444. The van der Waals surface area contributed by atoms with Gasteiger partial charge in [-0.2, -0.15) is 0 Å². The lowest BCUT2D eigenvalue weighted by Gasteiger charge is -1.98. The van der Waals surface area contributed by atoms with E-state index in [4.69, 9.17) is 0 Å². The van der Waals surface area contributed by atoms with Crippen molar-refractivity contribution in [3.63, 3.8) is 0 Å². The topological polar surface area (TPSA) is 12.4 Å². The second-order valence-electron chi connectivity index (χ2n) is 2.65. The highest BCUT2D eigenvalue weighted by molar-refractivity contribution is 6.00. The first-order valence-corrected chi connectivity index (χ1v) is 3.56. The first-order chi connectivity index (χ1) is 4.75. The summed E-state index contributed by atoms with van der Waals surface area (Å²) >= 11 is 0. The van der Waals surface area contributed by atoms with Crippen LogP contribution in [-0.4, -0.2) is 12.3 Å². The summed E-state index contributed by atoms with van der Waals surface area (Å²) in [5, 5.41) is 0. The van der Waals surface area contributed by atoms with Gasteiger partial charge < -0.3 is 0 Å². The number of allylic oxidation sites excluding steroid dienone is 2. The molecule has 0 bridgehead atoms. The van der Waals surface area contributed by atoms with Crippen molar-refractivity contribution >= 4 is 5.71 Å². The van der Waals surface area contributed by atoms with E-state index in [1.54, 1.807) is 0 Å². The van der Waals surface area contributed by atoms with Gasteiger partial charge in [-0.25, -0.2) is 0 Å². The van der Waals surface area contributed by atoms with Crippen molar-refractivity contribution in [3.05, 3.63) is 23.8 Å². The van der Waals surface area contributed by atoms with Gasteiger partial charge in [0.15, 0.2) is 0 Å². The summed E-state index contributed by atoms with van der Waals surface area (Å²) in [5.41, 5.74) is 3.98. The second-order valence-corrected chi connectivity index (χ2v) is 2.65. The first kappa shape index (κ1) is 7.26. The van der Waals surface area contributed by atoms with Crippen LogP contribution in [0.2, 0.25) is 0 Å². The molecule has 0 unspecified atom stereocenters. The highest BCUT2D eigenvalue weighted by Gasteiger charge is 2.09. The number of rotatable bonds is 2. The second kappa shape index (κ2) is 2.82. The zero-order valence-electron chi connectivity index (χ0n) is 6.65. The van der Waals surface area contributed by atoms with Gasteiger partial charge in [0.1, 0.15) is 0 Å². The van der Waals surface area contributed by atoms with Crippen molar-refractivity contribution in [2.45, 2.75) is 20.3 Å². The Kier molecular flexibility index (Phi) is 2.05.